The summed E-state index contributed by atoms with van der Waals surface area (Å²) in [6.07, 6.45) is 9.04. The van der Waals surface area contributed by atoms with Gasteiger partial charge < -0.3 is 9.32 Å². The Morgan fingerprint density at radius 1 is 1.21 bits per heavy atom. The van der Waals surface area contributed by atoms with Gasteiger partial charge >= 0.3 is 0 Å². The quantitative estimate of drug-likeness (QED) is 0.794. The van der Waals surface area contributed by atoms with Crippen LogP contribution in [0.1, 0.15) is 43.9 Å². The molecule has 0 radical (unpaired) electrons. The number of carbonyl (C=O) groups is 1. The molecule has 0 aromatic carbocycles. The summed E-state index contributed by atoms with van der Waals surface area (Å²) in [4.78, 5) is 14.6. The Balaban J connectivity index is 1.36. The Labute approximate surface area is 145 Å². The van der Waals surface area contributed by atoms with Gasteiger partial charge in [0.25, 0.3) is 0 Å². The Bertz CT molecular complexity index is 714. The molecule has 4 rings (SSSR count). The molecule has 1 aliphatic carbocycles. The van der Waals surface area contributed by atoms with Crippen LogP contribution in [0.5, 0.6) is 0 Å². The topological polar surface area (TPSA) is 59.2 Å². The van der Waals surface area contributed by atoms with E-state index >= 15 is 0 Å². The SMILES string of the molecule is O=C(C1CC=CCC1)N1CCC(c2nnc(-c3ccsc3)o2)CC1. The van der Waals surface area contributed by atoms with Gasteiger partial charge in [-0.05, 0) is 43.6 Å². The molecule has 5 nitrogen and oxygen atoms in total. The van der Waals surface area contributed by atoms with Gasteiger partial charge in [0.2, 0.25) is 17.7 Å². The van der Waals surface area contributed by atoms with Crippen molar-refractivity contribution in [3.8, 4) is 11.5 Å². The number of rotatable bonds is 3. The van der Waals surface area contributed by atoms with Crippen LogP contribution in [-0.2, 0) is 4.79 Å². The number of hydrogen-bond acceptors (Lipinski definition) is 5. The molecule has 1 amide bonds. The maximum absolute atomic E-state index is 12.6. The van der Waals surface area contributed by atoms with Gasteiger partial charge in [0.15, 0.2) is 0 Å². The van der Waals surface area contributed by atoms with E-state index in [-0.39, 0.29) is 11.8 Å². The van der Waals surface area contributed by atoms with E-state index in [1.807, 2.05) is 21.7 Å². The van der Waals surface area contributed by atoms with Gasteiger partial charge in [-0.3, -0.25) is 4.79 Å². The van der Waals surface area contributed by atoms with Crippen molar-refractivity contribution in [3.05, 3.63) is 34.9 Å². The number of hydrogen-bond donors (Lipinski definition) is 0. The van der Waals surface area contributed by atoms with E-state index < -0.39 is 0 Å². The molecule has 24 heavy (non-hydrogen) atoms. The maximum atomic E-state index is 12.6. The monoisotopic (exact) mass is 343 g/mol. The number of amides is 1. The minimum absolute atomic E-state index is 0.181. The lowest BCUT2D eigenvalue weighted by Crippen LogP contribution is -2.41. The van der Waals surface area contributed by atoms with E-state index in [0.29, 0.717) is 17.7 Å². The number of thiophene rings is 1. The van der Waals surface area contributed by atoms with Crippen LogP contribution in [0.3, 0.4) is 0 Å². The summed E-state index contributed by atoms with van der Waals surface area (Å²) < 4.78 is 5.85. The molecule has 126 valence electrons. The minimum Gasteiger partial charge on any atom is -0.420 e. The van der Waals surface area contributed by atoms with Gasteiger partial charge in [0.05, 0.1) is 0 Å². The van der Waals surface area contributed by atoms with Crippen molar-refractivity contribution in [2.24, 2.45) is 5.92 Å². The van der Waals surface area contributed by atoms with Gasteiger partial charge in [0, 0.05) is 35.9 Å². The van der Waals surface area contributed by atoms with Crippen molar-refractivity contribution < 1.29 is 9.21 Å². The van der Waals surface area contributed by atoms with E-state index in [4.69, 9.17) is 4.42 Å². The maximum Gasteiger partial charge on any atom is 0.248 e. The standard InChI is InChI=1S/C18H21N3O2S/c22-18(14-4-2-1-3-5-14)21-9-6-13(7-10-21)16-19-20-17(23-16)15-8-11-24-12-15/h1-2,8,11-14H,3-7,9-10H2. The Morgan fingerprint density at radius 3 is 2.79 bits per heavy atom. The van der Waals surface area contributed by atoms with E-state index in [1.54, 1.807) is 11.3 Å². The molecule has 1 unspecified atom stereocenters. The summed E-state index contributed by atoms with van der Waals surface area (Å²) in [5.41, 5.74) is 0.983. The molecule has 0 saturated carbocycles. The van der Waals surface area contributed by atoms with Gasteiger partial charge in [0.1, 0.15) is 0 Å². The van der Waals surface area contributed by atoms with Crippen LogP contribution in [0, 0.1) is 5.92 Å². The molecule has 2 aromatic heterocycles. The van der Waals surface area contributed by atoms with Crippen LogP contribution in [-0.4, -0.2) is 34.1 Å². The minimum atomic E-state index is 0.181. The second kappa shape index (κ2) is 6.89. The van der Waals surface area contributed by atoms with Crippen molar-refractivity contribution in [2.45, 2.75) is 38.0 Å². The summed E-state index contributed by atoms with van der Waals surface area (Å²) in [6.45, 7) is 1.58. The molecule has 1 saturated heterocycles. The summed E-state index contributed by atoms with van der Waals surface area (Å²) in [7, 11) is 0. The van der Waals surface area contributed by atoms with Crippen LogP contribution in [0.2, 0.25) is 0 Å². The molecule has 0 N–H and O–H groups in total. The fourth-order valence-electron chi connectivity index (χ4n) is 3.53. The predicted molar refractivity (Wildman–Crippen MR) is 92.6 cm³/mol. The van der Waals surface area contributed by atoms with Crippen LogP contribution in [0.15, 0.2) is 33.4 Å². The zero-order valence-electron chi connectivity index (χ0n) is 13.6. The fourth-order valence-corrected chi connectivity index (χ4v) is 4.16. The Morgan fingerprint density at radius 2 is 2.08 bits per heavy atom. The first-order valence-electron chi connectivity index (χ1n) is 8.61. The smallest absolute Gasteiger partial charge is 0.248 e. The van der Waals surface area contributed by atoms with Crippen LogP contribution in [0.4, 0.5) is 0 Å². The molecule has 0 spiro atoms. The molecular formula is C18H21N3O2S. The highest BCUT2D eigenvalue weighted by atomic mass is 32.1. The van der Waals surface area contributed by atoms with Crippen molar-refractivity contribution >= 4 is 17.2 Å². The van der Waals surface area contributed by atoms with Crippen molar-refractivity contribution in [2.75, 3.05) is 13.1 Å². The first-order chi connectivity index (χ1) is 11.8. The summed E-state index contributed by atoms with van der Waals surface area (Å²) in [5, 5.41) is 12.4. The third kappa shape index (κ3) is 3.15. The zero-order chi connectivity index (χ0) is 16.4. The number of piperidine rings is 1. The largest absolute Gasteiger partial charge is 0.420 e. The highest BCUT2D eigenvalue weighted by Crippen LogP contribution is 2.31. The van der Waals surface area contributed by atoms with E-state index in [0.717, 1.165) is 50.8 Å². The molecule has 0 bridgehead atoms. The van der Waals surface area contributed by atoms with Crippen molar-refractivity contribution in [1.82, 2.24) is 15.1 Å². The summed E-state index contributed by atoms with van der Waals surface area (Å²) in [6, 6.07) is 1.99. The predicted octanol–water partition coefficient (Wildman–Crippen LogP) is 3.86. The van der Waals surface area contributed by atoms with Gasteiger partial charge in [-0.25, -0.2) is 0 Å². The number of aromatic nitrogens is 2. The number of likely N-dealkylation sites (tertiary alicyclic amines) is 1. The summed E-state index contributed by atoms with van der Waals surface area (Å²) in [5.74, 6) is 2.07. The Kier molecular flexibility index (Phi) is 4.47. The zero-order valence-corrected chi connectivity index (χ0v) is 14.4. The number of allylic oxidation sites excluding steroid dienone is 2. The summed E-state index contributed by atoms with van der Waals surface area (Å²) >= 11 is 1.62. The molecule has 3 heterocycles. The second-order valence-corrected chi connectivity index (χ2v) is 7.32. The third-order valence-electron chi connectivity index (χ3n) is 4.98. The molecule has 1 atom stereocenters. The van der Waals surface area contributed by atoms with E-state index in [9.17, 15) is 4.79 Å². The van der Waals surface area contributed by atoms with Gasteiger partial charge in [-0.2, -0.15) is 11.3 Å². The fraction of sp³-hybridized carbons (Fsp3) is 0.500. The van der Waals surface area contributed by atoms with Crippen LogP contribution >= 0.6 is 11.3 Å². The normalized spacial score (nSPS) is 22.0. The van der Waals surface area contributed by atoms with E-state index in [2.05, 4.69) is 22.3 Å². The number of carbonyl (C=O) groups excluding carboxylic acids is 1. The van der Waals surface area contributed by atoms with E-state index in [1.165, 1.54) is 0 Å². The van der Waals surface area contributed by atoms with Crippen LogP contribution in [0.25, 0.3) is 11.5 Å². The lowest BCUT2D eigenvalue weighted by molar-refractivity contribution is -0.136. The van der Waals surface area contributed by atoms with Crippen LogP contribution < -0.4 is 0 Å². The average Bonchev–Trinajstić information content (AvgIpc) is 3.33. The van der Waals surface area contributed by atoms with Gasteiger partial charge in [-0.15, -0.1) is 10.2 Å². The molecule has 1 aliphatic heterocycles. The average molecular weight is 343 g/mol. The highest BCUT2D eigenvalue weighted by molar-refractivity contribution is 7.08. The highest BCUT2D eigenvalue weighted by Gasteiger charge is 2.30. The molecule has 2 aliphatic rings. The lowest BCUT2D eigenvalue weighted by Gasteiger charge is -2.33. The molecule has 6 heteroatoms. The Hall–Kier alpha value is -1.95. The number of nitrogens with zero attached hydrogens (tertiary/aromatic N) is 3. The molecule has 2 aromatic rings. The molecule has 1 fully saturated rings. The van der Waals surface area contributed by atoms with Crippen molar-refractivity contribution in [3.63, 3.8) is 0 Å². The third-order valence-corrected chi connectivity index (χ3v) is 5.67. The molecular weight excluding hydrogens is 322 g/mol. The lowest BCUT2D eigenvalue weighted by atomic mass is 9.91. The van der Waals surface area contributed by atoms with Gasteiger partial charge in [-0.1, -0.05) is 12.2 Å². The second-order valence-electron chi connectivity index (χ2n) is 6.54. The first kappa shape index (κ1) is 15.6. The van der Waals surface area contributed by atoms with Crippen molar-refractivity contribution in [1.29, 1.82) is 0 Å². The first-order valence-corrected chi connectivity index (χ1v) is 9.55.